The summed E-state index contributed by atoms with van der Waals surface area (Å²) in [5, 5.41) is 13.6. The predicted octanol–water partition coefficient (Wildman–Crippen LogP) is 1.24. The summed E-state index contributed by atoms with van der Waals surface area (Å²) in [6, 6.07) is 7.56. The Balaban J connectivity index is 1.86. The molecule has 2 aromatic rings. The van der Waals surface area contributed by atoms with Crippen LogP contribution in [-0.2, 0) is 10.0 Å². The molecule has 1 aliphatic rings. The number of rotatable bonds is 5. The number of hydrogen-bond acceptors (Lipinski definition) is 5. The highest BCUT2D eigenvalue weighted by Crippen LogP contribution is 2.36. The van der Waals surface area contributed by atoms with E-state index in [1.165, 1.54) is 28.6 Å². The fourth-order valence-electron chi connectivity index (χ4n) is 3.02. The largest absolute Gasteiger partial charge is 0.396 e. The molecule has 1 fully saturated rings. The lowest BCUT2D eigenvalue weighted by molar-refractivity contribution is 0.1000. The molecule has 3 N–H and O–H groups in total. The number of primary amides is 1. The van der Waals surface area contributed by atoms with E-state index in [2.05, 4.69) is 0 Å². The van der Waals surface area contributed by atoms with Gasteiger partial charge >= 0.3 is 0 Å². The van der Waals surface area contributed by atoms with Crippen LogP contribution >= 0.6 is 11.3 Å². The minimum absolute atomic E-state index is 0.0130. The van der Waals surface area contributed by atoms with Gasteiger partial charge in [0, 0.05) is 37.1 Å². The first kappa shape index (κ1) is 17.1. The van der Waals surface area contributed by atoms with Crippen LogP contribution < -0.4 is 5.73 Å². The highest BCUT2D eigenvalue weighted by molar-refractivity contribution is 7.89. The van der Waals surface area contributed by atoms with E-state index < -0.39 is 15.9 Å². The average Bonchev–Trinajstić information content (AvgIpc) is 3.23. The predicted molar refractivity (Wildman–Crippen MR) is 91.4 cm³/mol. The Bertz CT molecular complexity index is 816. The van der Waals surface area contributed by atoms with Crippen molar-refractivity contribution >= 4 is 27.3 Å². The van der Waals surface area contributed by atoms with Gasteiger partial charge in [0.05, 0.1) is 4.90 Å². The first-order chi connectivity index (χ1) is 11.4. The van der Waals surface area contributed by atoms with E-state index in [9.17, 15) is 18.3 Å². The number of benzene rings is 1. The summed E-state index contributed by atoms with van der Waals surface area (Å²) in [5.74, 6) is -0.738. The van der Waals surface area contributed by atoms with Crippen molar-refractivity contribution in [3.05, 3.63) is 52.2 Å². The summed E-state index contributed by atoms with van der Waals surface area (Å²) in [6.45, 7) is 0.548. The number of aliphatic hydroxyl groups is 1. The zero-order valence-electron chi connectivity index (χ0n) is 12.8. The van der Waals surface area contributed by atoms with Crippen LogP contribution in [0, 0.1) is 5.92 Å². The lowest BCUT2D eigenvalue weighted by atomic mass is 9.92. The second-order valence-corrected chi connectivity index (χ2v) is 8.53. The molecule has 1 aliphatic heterocycles. The van der Waals surface area contributed by atoms with E-state index in [1.54, 1.807) is 11.3 Å². The van der Waals surface area contributed by atoms with Crippen LogP contribution in [0.1, 0.15) is 21.8 Å². The van der Waals surface area contributed by atoms with Gasteiger partial charge in [0.2, 0.25) is 15.9 Å². The zero-order valence-corrected chi connectivity index (χ0v) is 14.5. The fraction of sp³-hybridized carbons (Fsp3) is 0.312. The molecule has 3 rings (SSSR count). The maximum atomic E-state index is 12.8. The second-order valence-electron chi connectivity index (χ2n) is 5.82. The van der Waals surface area contributed by atoms with Crippen molar-refractivity contribution in [1.29, 1.82) is 0 Å². The molecule has 1 saturated heterocycles. The van der Waals surface area contributed by atoms with Crippen LogP contribution in [0.15, 0.2) is 46.0 Å². The number of carbonyl (C=O) groups excluding carboxylic acids is 1. The highest BCUT2D eigenvalue weighted by atomic mass is 32.2. The Labute approximate surface area is 144 Å². The molecule has 0 saturated carbocycles. The van der Waals surface area contributed by atoms with Gasteiger partial charge in [0.15, 0.2) is 0 Å². The second kappa shape index (κ2) is 6.64. The van der Waals surface area contributed by atoms with Gasteiger partial charge in [-0.25, -0.2) is 8.42 Å². The highest BCUT2D eigenvalue weighted by Gasteiger charge is 2.39. The fourth-order valence-corrected chi connectivity index (χ4v) is 5.26. The zero-order chi connectivity index (χ0) is 17.3. The lowest BCUT2D eigenvalue weighted by Crippen LogP contribution is -2.29. The summed E-state index contributed by atoms with van der Waals surface area (Å²) in [7, 11) is -3.67. The standard InChI is InChI=1S/C16H18N2O4S2/c17-16(20)11-1-3-14(4-2-11)24(21,22)18-7-13(9-19)15(8-18)12-5-6-23-10-12/h1-6,10,13,15,19H,7-9H2,(H2,17,20)/t13-,15-/m1/s1. The first-order valence-corrected chi connectivity index (χ1v) is 9.84. The Morgan fingerprint density at radius 1 is 1.25 bits per heavy atom. The van der Waals surface area contributed by atoms with Gasteiger partial charge in [0.1, 0.15) is 0 Å². The van der Waals surface area contributed by atoms with E-state index >= 15 is 0 Å². The number of nitrogens with two attached hydrogens (primary N) is 1. The van der Waals surface area contributed by atoms with Crippen molar-refractivity contribution in [2.24, 2.45) is 11.7 Å². The summed E-state index contributed by atoms with van der Waals surface area (Å²) in [4.78, 5) is 11.2. The summed E-state index contributed by atoms with van der Waals surface area (Å²) < 4.78 is 27.0. The van der Waals surface area contributed by atoms with Crippen LogP contribution in [0.5, 0.6) is 0 Å². The molecule has 0 radical (unpaired) electrons. The molecule has 1 aromatic carbocycles. The molecular weight excluding hydrogens is 348 g/mol. The van der Waals surface area contributed by atoms with Gasteiger partial charge in [-0.3, -0.25) is 4.79 Å². The normalized spacial score (nSPS) is 21.9. The molecule has 0 bridgehead atoms. The van der Waals surface area contributed by atoms with Crippen LogP contribution in [0.3, 0.4) is 0 Å². The Morgan fingerprint density at radius 2 is 1.96 bits per heavy atom. The first-order valence-electron chi connectivity index (χ1n) is 7.46. The monoisotopic (exact) mass is 366 g/mol. The molecule has 128 valence electrons. The van der Waals surface area contributed by atoms with Crippen molar-refractivity contribution in [3.8, 4) is 0 Å². The maximum absolute atomic E-state index is 12.8. The molecule has 0 aliphatic carbocycles. The number of carbonyl (C=O) groups is 1. The van der Waals surface area contributed by atoms with Crippen molar-refractivity contribution < 1.29 is 18.3 Å². The Kier molecular flexibility index (Phi) is 4.73. The minimum atomic E-state index is -3.67. The topological polar surface area (TPSA) is 101 Å². The van der Waals surface area contributed by atoms with Crippen LogP contribution in [0.25, 0.3) is 0 Å². The number of nitrogens with zero attached hydrogens (tertiary/aromatic N) is 1. The number of sulfonamides is 1. The molecular formula is C16H18N2O4S2. The number of amides is 1. The van der Waals surface area contributed by atoms with Crippen molar-refractivity contribution in [2.45, 2.75) is 10.8 Å². The van der Waals surface area contributed by atoms with Gasteiger partial charge in [-0.2, -0.15) is 15.6 Å². The van der Waals surface area contributed by atoms with Crippen LogP contribution in [0.4, 0.5) is 0 Å². The van der Waals surface area contributed by atoms with Gasteiger partial charge in [-0.05, 0) is 46.7 Å². The number of aliphatic hydroxyl groups excluding tert-OH is 1. The Hall–Kier alpha value is -1.74. The average molecular weight is 366 g/mol. The van der Waals surface area contributed by atoms with E-state index in [0.717, 1.165) is 5.56 Å². The van der Waals surface area contributed by atoms with E-state index in [1.807, 2.05) is 16.8 Å². The molecule has 1 aromatic heterocycles. The van der Waals surface area contributed by atoms with Crippen LogP contribution in [-0.4, -0.2) is 43.4 Å². The van der Waals surface area contributed by atoms with Crippen molar-refractivity contribution in [1.82, 2.24) is 4.31 Å². The van der Waals surface area contributed by atoms with E-state index in [-0.39, 0.29) is 35.4 Å². The summed E-state index contributed by atoms with van der Waals surface area (Å²) in [5.41, 5.74) is 6.50. The van der Waals surface area contributed by atoms with Crippen LogP contribution in [0.2, 0.25) is 0 Å². The van der Waals surface area contributed by atoms with Gasteiger partial charge < -0.3 is 10.8 Å². The molecule has 2 atom stereocenters. The third kappa shape index (κ3) is 3.10. The molecule has 0 unspecified atom stereocenters. The molecule has 2 heterocycles. The van der Waals surface area contributed by atoms with Crippen molar-refractivity contribution in [2.75, 3.05) is 19.7 Å². The van der Waals surface area contributed by atoms with Gasteiger partial charge in [-0.15, -0.1) is 0 Å². The lowest BCUT2D eigenvalue weighted by Gasteiger charge is -2.16. The van der Waals surface area contributed by atoms with Gasteiger partial charge in [-0.1, -0.05) is 0 Å². The number of hydrogen-bond donors (Lipinski definition) is 2. The maximum Gasteiger partial charge on any atom is 0.248 e. The molecule has 8 heteroatoms. The molecule has 24 heavy (non-hydrogen) atoms. The van der Waals surface area contributed by atoms with E-state index in [4.69, 9.17) is 5.73 Å². The third-order valence-corrected chi connectivity index (χ3v) is 6.94. The quantitative estimate of drug-likeness (QED) is 0.831. The Morgan fingerprint density at radius 3 is 2.50 bits per heavy atom. The van der Waals surface area contributed by atoms with Crippen molar-refractivity contribution in [3.63, 3.8) is 0 Å². The van der Waals surface area contributed by atoms with E-state index in [0.29, 0.717) is 6.54 Å². The summed E-state index contributed by atoms with van der Waals surface area (Å²) >= 11 is 1.55. The molecule has 0 spiro atoms. The number of thiophene rings is 1. The third-order valence-electron chi connectivity index (χ3n) is 4.39. The summed E-state index contributed by atoms with van der Waals surface area (Å²) in [6.07, 6.45) is 0. The smallest absolute Gasteiger partial charge is 0.248 e. The van der Waals surface area contributed by atoms with Gasteiger partial charge in [0.25, 0.3) is 0 Å². The molecule has 1 amide bonds. The SMILES string of the molecule is NC(=O)c1ccc(S(=O)(=O)N2C[C@H](CO)[C@@H](c3ccsc3)C2)cc1. The minimum Gasteiger partial charge on any atom is -0.396 e. The molecule has 6 nitrogen and oxygen atoms in total.